The van der Waals surface area contributed by atoms with E-state index in [1.54, 1.807) is 4.90 Å². The van der Waals surface area contributed by atoms with Crippen molar-refractivity contribution in [2.45, 2.75) is 31.5 Å². The standard InChI is InChI=1S/C14H17BrF3N3/c15-10-6-11(14(16,17)18)13(20-7-10)21-5-3-12-9(8-21)2-1-4-19-12/h6-7,9,12,19H,1-5,8H2. The maximum atomic E-state index is 13.2. The minimum atomic E-state index is -4.38. The number of pyridine rings is 1. The Bertz CT molecular complexity index is 521. The molecule has 2 atom stereocenters. The Kier molecular flexibility index (Phi) is 4.14. The van der Waals surface area contributed by atoms with Crippen molar-refractivity contribution in [3.63, 3.8) is 0 Å². The third-order valence-corrected chi connectivity index (χ3v) is 4.76. The third kappa shape index (κ3) is 3.18. The van der Waals surface area contributed by atoms with Crippen molar-refractivity contribution in [1.82, 2.24) is 10.3 Å². The first-order valence-corrected chi connectivity index (χ1v) is 7.95. The molecule has 2 saturated heterocycles. The van der Waals surface area contributed by atoms with Crippen LogP contribution in [0.3, 0.4) is 0 Å². The lowest BCUT2D eigenvalue weighted by molar-refractivity contribution is -0.137. The highest BCUT2D eigenvalue weighted by atomic mass is 79.9. The fourth-order valence-corrected chi connectivity index (χ4v) is 3.66. The molecular formula is C14H17BrF3N3. The molecule has 2 aliphatic heterocycles. The van der Waals surface area contributed by atoms with Crippen LogP contribution in [-0.2, 0) is 6.18 Å². The van der Waals surface area contributed by atoms with E-state index in [0.29, 0.717) is 29.5 Å². The maximum absolute atomic E-state index is 13.2. The van der Waals surface area contributed by atoms with E-state index in [-0.39, 0.29) is 5.82 Å². The summed E-state index contributed by atoms with van der Waals surface area (Å²) in [7, 11) is 0. The third-order valence-electron chi connectivity index (χ3n) is 4.33. The molecule has 1 aromatic rings. The lowest BCUT2D eigenvalue weighted by atomic mass is 9.85. The minimum Gasteiger partial charge on any atom is -0.356 e. The van der Waals surface area contributed by atoms with Gasteiger partial charge in [-0.15, -0.1) is 0 Å². The summed E-state index contributed by atoms with van der Waals surface area (Å²) < 4.78 is 40.0. The summed E-state index contributed by atoms with van der Waals surface area (Å²) in [4.78, 5) is 5.84. The highest BCUT2D eigenvalue weighted by molar-refractivity contribution is 9.10. The van der Waals surface area contributed by atoms with Crippen LogP contribution in [0.25, 0.3) is 0 Å². The molecule has 2 aliphatic rings. The molecular weight excluding hydrogens is 347 g/mol. The van der Waals surface area contributed by atoms with Gasteiger partial charge in [0.2, 0.25) is 0 Å². The number of piperidine rings is 2. The summed E-state index contributed by atoms with van der Waals surface area (Å²) in [6, 6.07) is 1.56. The predicted octanol–water partition coefficient (Wildman–Crippen LogP) is 3.44. The van der Waals surface area contributed by atoms with Crippen LogP contribution >= 0.6 is 15.9 Å². The van der Waals surface area contributed by atoms with Crippen molar-refractivity contribution in [2.24, 2.45) is 5.92 Å². The summed E-state index contributed by atoms with van der Waals surface area (Å²) >= 11 is 3.08. The van der Waals surface area contributed by atoms with E-state index in [9.17, 15) is 13.2 Å². The fourth-order valence-electron chi connectivity index (χ4n) is 3.33. The summed E-state index contributed by atoms with van der Waals surface area (Å²) in [6.07, 6.45) is 0.101. The van der Waals surface area contributed by atoms with Gasteiger partial charge in [-0.05, 0) is 53.7 Å². The number of alkyl halides is 3. The van der Waals surface area contributed by atoms with Crippen molar-refractivity contribution in [3.05, 3.63) is 22.3 Å². The van der Waals surface area contributed by atoms with Gasteiger partial charge in [0.25, 0.3) is 0 Å². The van der Waals surface area contributed by atoms with E-state index in [1.807, 2.05) is 0 Å². The Balaban J connectivity index is 1.87. The first kappa shape index (κ1) is 15.1. The molecule has 3 nitrogen and oxygen atoms in total. The molecule has 0 amide bonds. The minimum absolute atomic E-state index is 0.0646. The van der Waals surface area contributed by atoms with Crippen LogP contribution in [0.4, 0.5) is 19.0 Å². The first-order chi connectivity index (χ1) is 9.95. The second-order valence-electron chi connectivity index (χ2n) is 5.72. The first-order valence-electron chi connectivity index (χ1n) is 7.16. The van der Waals surface area contributed by atoms with Gasteiger partial charge >= 0.3 is 6.18 Å². The molecule has 3 heterocycles. The molecule has 0 aliphatic carbocycles. The second-order valence-corrected chi connectivity index (χ2v) is 6.64. The van der Waals surface area contributed by atoms with Crippen LogP contribution in [-0.4, -0.2) is 30.7 Å². The van der Waals surface area contributed by atoms with Gasteiger partial charge in [-0.25, -0.2) is 4.98 Å². The molecule has 7 heteroatoms. The largest absolute Gasteiger partial charge is 0.419 e. The fraction of sp³-hybridized carbons (Fsp3) is 0.643. The molecule has 116 valence electrons. The second kappa shape index (κ2) is 5.76. The lowest BCUT2D eigenvalue weighted by Crippen LogP contribution is -2.52. The van der Waals surface area contributed by atoms with Crippen molar-refractivity contribution < 1.29 is 13.2 Å². The summed E-state index contributed by atoms with van der Waals surface area (Å²) in [5.74, 6) is 0.480. The van der Waals surface area contributed by atoms with Gasteiger partial charge in [0.15, 0.2) is 0 Å². The molecule has 3 rings (SSSR count). The molecule has 1 N–H and O–H groups in total. The zero-order chi connectivity index (χ0) is 15.0. The highest BCUT2D eigenvalue weighted by Gasteiger charge is 2.38. The number of halogens is 4. The highest BCUT2D eigenvalue weighted by Crippen LogP contribution is 2.38. The number of aromatic nitrogens is 1. The number of fused-ring (bicyclic) bond motifs is 1. The normalized spacial score (nSPS) is 26.6. The van der Waals surface area contributed by atoms with Crippen LogP contribution in [0.5, 0.6) is 0 Å². The molecule has 21 heavy (non-hydrogen) atoms. The van der Waals surface area contributed by atoms with Gasteiger partial charge in [-0.1, -0.05) is 0 Å². The average molecular weight is 364 g/mol. The molecule has 0 spiro atoms. The number of anilines is 1. The zero-order valence-corrected chi connectivity index (χ0v) is 13.0. The quantitative estimate of drug-likeness (QED) is 0.828. The molecule has 0 bridgehead atoms. The van der Waals surface area contributed by atoms with Crippen LogP contribution in [0.2, 0.25) is 0 Å². The Morgan fingerprint density at radius 2 is 2.14 bits per heavy atom. The molecule has 1 aromatic heterocycles. The number of hydrogen-bond acceptors (Lipinski definition) is 3. The van der Waals surface area contributed by atoms with E-state index in [0.717, 1.165) is 31.9 Å². The number of hydrogen-bond donors (Lipinski definition) is 1. The Hall–Kier alpha value is -0.820. The van der Waals surface area contributed by atoms with Crippen LogP contribution in [0.1, 0.15) is 24.8 Å². The van der Waals surface area contributed by atoms with E-state index in [2.05, 4.69) is 26.2 Å². The summed E-state index contributed by atoms with van der Waals surface area (Å²) in [5, 5.41) is 3.47. The van der Waals surface area contributed by atoms with Gasteiger partial charge in [0.1, 0.15) is 5.82 Å². The summed E-state index contributed by atoms with van der Waals surface area (Å²) in [5.41, 5.74) is -0.654. The Labute approximate surface area is 130 Å². The van der Waals surface area contributed by atoms with Crippen molar-refractivity contribution in [2.75, 3.05) is 24.5 Å². The Morgan fingerprint density at radius 1 is 1.33 bits per heavy atom. The van der Waals surface area contributed by atoms with Gasteiger partial charge in [0.05, 0.1) is 5.56 Å². The van der Waals surface area contributed by atoms with Gasteiger partial charge in [-0.3, -0.25) is 0 Å². The van der Waals surface area contributed by atoms with Crippen LogP contribution in [0.15, 0.2) is 16.7 Å². The topological polar surface area (TPSA) is 28.2 Å². The zero-order valence-electron chi connectivity index (χ0n) is 11.5. The maximum Gasteiger partial charge on any atom is 0.419 e. The molecule has 0 radical (unpaired) electrons. The predicted molar refractivity (Wildman–Crippen MR) is 78.3 cm³/mol. The van der Waals surface area contributed by atoms with Crippen LogP contribution < -0.4 is 10.2 Å². The molecule has 0 aromatic carbocycles. The van der Waals surface area contributed by atoms with Gasteiger partial charge < -0.3 is 10.2 Å². The average Bonchev–Trinajstić information content (AvgIpc) is 2.46. The van der Waals surface area contributed by atoms with Gasteiger partial charge in [-0.2, -0.15) is 13.2 Å². The van der Waals surface area contributed by atoms with E-state index < -0.39 is 11.7 Å². The molecule has 2 fully saturated rings. The molecule has 2 unspecified atom stereocenters. The number of rotatable bonds is 1. The SMILES string of the molecule is FC(F)(F)c1cc(Br)cnc1N1CCC2NCCCC2C1. The number of nitrogens with zero attached hydrogens (tertiary/aromatic N) is 2. The monoisotopic (exact) mass is 363 g/mol. The van der Waals surface area contributed by atoms with E-state index in [4.69, 9.17) is 0 Å². The van der Waals surface area contributed by atoms with Crippen molar-refractivity contribution in [1.29, 1.82) is 0 Å². The Morgan fingerprint density at radius 3 is 2.90 bits per heavy atom. The van der Waals surface area contributed by atoms with Crippen LogP contribution in [0, 0.1) is 5.92 Å². The van der Waals surface area contributed by atoms with E-state index >= 15 is 0 Å². The van der Waals surface area contributed by atoms with Crippen molar-refractivity contribution >= 4 is 21.7 Å². The van der Waals surface area contributed by atoms with E-state index in [1.165, 1.54) is 6.20 Å². The smallest absolute Gasteiger partial charge is 0.356 e. The number of nitrogens with one attached hydrogen (secondary N) is 1. The van der Waals surface area contributed by atoms with Gasteiger partial charge in [0, 0.05) is 29.8 Å². The molecule has 0 saturated carbocycles. The summed E-state index contributed by atoms with van der Waals surface area (Å²) in [6.45, 7) is 2.28. The lowest BCUT2D eigenvalue weighted by Gasteiger charge is -2.42. The van der Waals surface area contributed by atoms with Crippen molar-refractivity contribution in [3.8, 4) is 0 Å².